The van der Waals surface area contributed by atoms with Gasteiger partial charge in [0.05, 0.1) is 21.9 Å². The molecule has 16 aromatic carbocycles. The Morgan fingerprint density at radius 2 is 0.519 bits per heavy atom. The smallest absolute Gasteiger partial charge is 0.0726 e. The van der Waals surface area contributed by atoms with Gasteiger partial charge in [-0.2, -0.15) is 0 Å². The van der Waals surface area contributed by atoms with Gasteiger partial charge in [-0.05, 0) is 221 Å². The van der Waals surface area contributed by atoms with Crippen molar-refractivity contribution < 1.29 is 0 Å². The molecule has 2 heteroatoms. The number of benzene rings is 16. The van der Waals surface area contributed by atoms with Crippen molar-refractivity contribution in [3.63, 3.8) is 0 Å². The topological polar surface area (TPSA) is 6.48 Å². The number of anilines is 6. The van der Waals surface area contributed by atoms with Crippen LogP contribution in [0, 0.1) is 20.8 Å². The molecule has 0 heterocycles. The number of aryl methyl sites for hydroxylation is 3. The molecule has 0 radical (unpaired) electrons. The quantitative estimate of drug-likeness (QED) is 0.120. The SMILES string of the molecule is Cc1ccc2c(c1)C(c1ccccc1)(c1ccccc1)c1cc(N(c3ccc(-c4ccc(N(c5ccc(-c6ccccc6)cc5)c5cccc6c5-c5ccccc5C65c6ccccc6-c6ccccc65)cc4)c(C)c3)c3ccc4c(c3)C(c3ccccc3)(c3ccccc3)c3cc(C)ccc3-4)ccc1-2. The zero-order valence-electron chi connectivity index (χ0n) is 58.3. The van der Waals surface area contributed by atoms with Crippen LogP contribution in [0.15, 0.2) is 382 Å². The lowest BCUT2D eigenvalue weighted by molar-refractivity contribution is 0.766. The Morgan fingerprint density at radius 1 is 0.192 bits per heavy atom. The van der Waals surface area contributed by atoms with Crippen LogP contribution in [0.2, 0.25) is 0 Å². The van der Waals surface area contributed by atoms with Gasteiger partial charge in [0, 0.05) is 34.0 Å². The van der Waals surface area contributed by atoms with E-state index < -0.39 is 16.2 Å². The van der Waals surface area contributed by atoms with Crippen LogP contribution in [0.1, 0.15) is 83.5 Å². The first-order valence-corrected chi connectivity index (χ1v) is 36.5. The second kappa shape index (κ2) is 23.9. The third-order valence-corrected chi connectivity index (χ3v) is 23.3. The van der Waals surface area contributed by atoms with Crippen molar-refractivity contribution in [3.8, 4) is 66.8 Å². The fraction of sp³-hybridized carbons (Fsp3) is 0.0588. The van der Waals surface area contributed by atoms with Crippen molar-refractivity contribution in [2.75, 3.05) is 9.80 Å². The van der Waals surface area contributed by atoms with Gasteiger partial charge in [-0.25, -0.2) is 0 Å². The highest BCUT2D eigenvalue weighted by atomic mass is 15.2. The summed E-state index contributed by atoms with van der Waals surface area (Å²) in [5, 5.41) is 0. The highest BCUT2D eigenvalue weighted by Gasteiger charge is 2.53. The minimum atomic E-state index is -0.608. The van der Waals surface area contributed by atoms with E-state index in [9.17, 15) is 0 Å². The molecule has 490 valence electrons. The van der Waals surface area contributed by atoms with Gasteiger partial charge in [0.25, 0.3) is 0 Å². The summed E-state index contributed by atoms with van der Waals surface area (Å²) >= 11 is 0. The predicted molar refractivity (Wildman–Crippen MR) is 432 cm³/mol. The summed E-state index contributed by atoms with van der Waals surface area (Å²) in [4.78, 5) is 5.03. The lowest BCUT2D eigenvalue weighted by atomic mass is 9.67. The lowest BCUT2D eigenvalue weighted by Gasteiger charge is -2.36. The number of hydrogen-bond acceptors (Lipinski definition) is 2. The van der Waals surface area contributed by atoms with E-state index in [2.05, 4.69) is 413 Å². The van der Waals surface area contributed by atoms with Crippen LogP contribution in [0.3, 0.4) is 0 Å². The fourth-order valence-electron chi connectivity index (χ4n) is 19.0. The summed E-state index contributed by atoms with van der Waals surface area (Å²) in [6.45, 7) is 6.75. The second-order valence-corrected chi connectivity index (χ2v) is 28.7. The van der Waals surface area contributed by atoms with E-state index in [1.807, 2.05) is 0 Å². The first-order valence-electron chi connectivity index (χ1n) is 36.5. The molecule has 0 saturated carbocycles. The van der Waals surface area contributed by atoms with Gasteiger partial charge in [-0.15, -0.1) is 0 Å². The van der Waals surface area contributed by atoms with E-state index in [0.717, 1.165) is 39.7 Å². The maximum absolute atomic E-state index is 2.54. The molecule has 16 aromatic rings. The Hall–Kier alpha value is -12.9. The van der Waals surface area contributed by atoms with Gasteiger partial charge in [0.15, 0.2) is 0 Å². The van der Waals surface area contributed by atoms with E-state index in [1.165, 1.54) is 145 Å². The molecule has 0 aliphatic heterocycles. The molecule has 2 nitrogen and oxygen atoms in total. The molecular weight excluding hydrogens is 1250 g/mol. The Morgan fingerprint density at radius 3 is 0.971 bits per heavy atom. The van der Waals surface area contributed by atoms with Crippen molar-refractivity contribution in [3.05, 3.63) is 466 Å². The molecule has 0 atom stereocenters. The molecule has 0 aromatic heterocycles. The maximum atomic E-state index is 2.54. The minimum absolute atomic E-state index is 0.484. The molecule has 0 amide bonds. The summed E-state index contributed by atoms with van der Waals surface area (Å²) in [6.07, 6.45) is 0. The van der Waals surface area contributed by atoms with Gasteiger partial charge >= 0.3 is 0 Å². The molecule has 4 aliphatic carbocycles. The van der Waals surface area contributed by atoms with E-state index in [0.29, 0.717) is 0 Å². The largest absolute Gasteiger partial charge is 0.310 e. The molecule has 0 bridgehead atoms. The predicted octanol–water partition coefficient (Wildman–Crippen LogP) is 26.0. The summed E-state index contributed by atoms with van der Waals surface area (Å²) in [5.41, 5.74) is 38.7. The number of fused-ring (bicyclic) bond motifs is 16. The van der Waals surface area contributed by atoms with E-state index in [4.69, 9.17) is 0 Å². The normalized spacial score (nSPS) is 13.8. The molecule has 0 N–H and O–H groups in total. The molecule has 1 spiro atoms. The molecular formula is C102H72N2. The van der Waals surface area contributed by atoms with Gasteiger partial charge in [0.1, 0.15) is 0 Å². The van der Waals surface area contributed by atoms with Gasteiger partial charge in [-0.1, -0.05) is 327 Å². The Kier molecular flexibility index (Phi) is 14.0. The van der Waals surface area contributed by atoms with E-state index in [1.54, 1.807) is 0 Å². The average Bonchev–Trinajstić information content (AvgIpc) is 1.52. The van der Waals surface area contributed by atoms with Crippen LogP contribution in [0.4, 0.5) is 34.1 Å². The van der Waals surface area contributed by atoms with Crippen molar-refractivity contribution >= 4 is 34.1 Å². The first kappa shape index (κ1) is 61.0. The highest BCUT2D eigenvalue weighted by Crippen LogP contribution is 2.66. The highest BCUT2D eigenvalue weighted by molar-refractivity contribution is 6.02. The molecule has 0 unspecified atom stereocenters. The average molecular weight is 1330 g/mol. The molecule has 104 heavy (non-hydrogen) atoms. The number of hydrogen-bond donors (Lipinski definition) is 0. The van der Waals surface area contributed by atoms with Gasteiger partial charge in [-0.3, -0.25) is 0 Å². The summed E-state index contributed by atoms with van der Waals surface area (Å²) in [7, 11) is 0. The van der Waals surface area contributed by atoms with Gasteiger partial charge in [0.2, 0.25) is 0 Å². The van der Waals surface area contributed by atoms with Crippen LogP contribution in [-0.4, -0.2) is 0 Å². The molecule has 0 saturated heterocycles. The third-order valence-electron chi connectivity index (χ3n) is 23.3. The van der Waals surface area contributed by atoms with Gasteiger partial charge < -0.3 is 9.80 Å². The van der Waals surface area contributed by atoms with Crippen LogP contribution in [-0.2, 0) is 16.2 Å². The van der Waals surface area contributed by atoms with Crippen molar-refractivity contribution in [2.45, 2.75) is 37.0 Å². The van der Waals surface area contributed by atoms with Crippen molar-refractivity contribution in [1.82, 2.24) is 0 Å². The maximum Gasteiger partial charge on any atom is 0.0726 e. The Labute approximate surface area is 609 Å². The minimum Gasteiger partial charge on any atom is -0.310 e. The summed E-state index contributed by atoms with van der Waals surface area (Å²) < 4.78 is 0. The number of nitrogens with zero attached hydrogens (tertiary/aromatic N) is 2. The van der Waals surface area contributed by atoms with E-state index in [-0.39, 0.29) is 0 Å². The summed E-state index contributed by atoms with van der Waals surface area (Å²) in [6, 6.07) is 144. The molecule has 0 fully saturated rings. The first-order chi connectivity index (χ1) is 51.3. The molecule has 4 aliphatic rings. The lowest BCUT2D eigenvalue weighted by Crippen LogP contribution is -2.29. The van der Waals surface area contributed by atoms with Crippen molar-refractivity contribution in [2.24, 2.45) is 0 Å². The zero-order chi connectivity index (χ0) is 69.3. The monoisotopic (exact) mass is 1320 g/mol. The summed E-state index contributed by atoms with van der Waals surface area (Å²) in [5.74, 6) is 0. The van der Waals surface area contributed by atoms with Crippen LogP contribution in [0.5, 0.6) is 0 Å². The second-order valence-electron chi connectivity index (χ2n) is 28.7. The van der Waals surface area contributed by atoms with Crippen LogP contribution < -0.4 is 9.80 Å². The number of rotatable bonds is 12. The standard InChI is InChI=1S/C102H72N2/c1-67-44-57-85-87-60-55-80(65-96(87)100(94(85)62-67,73-28-11-5-12-29-73)74-30-13-6-14-31-74)103(81-56-61-88-86-58-45-68(2)63-95(86)101(97(88)66-81,75-32-15-7-16-33-75)76-34-17-8-18-35-76)79-54-59-82(69(3)64-79)72-48-52-78(53-49-72)104(77-50-46-71(47-51-77)70-26-9-4-10-27-70)98-43-25-42-93-99(98)89-38-21-24-41-92(89)102(93)90-39-22-19-36-83(90)84-37-20-23-40-91(84)102/h4-66H,1-3H3. The van der Waals surface area contributed by atoms with Crippen LogP contribution >= 0.6 is 0 Å². The molecule has 20 rings (SSSR count). The fourth-order valence-corrected chi connectivity index (χ4v) is 19.0. The Bertz CT molecular complexity index is 5740. The Balaban J connectivity index is 0.760. The van der Waals surface area contributed by atoms with Crippen molar-refractivity contribution in [1.29, 1.82) is 0 Å². The van der Waals surface area contributed by atoms with Crippen LogP contribution in [0.25, 0.3) is 66.8 Å². The zero-order valence-corrected chi connectivity index (χ0v) is 58.3. The third kappa shape index (κ3) is 8.88. The van der Waals surface area contributed by atoms with E-state index >= 15 is 0 Å².